The molecule has 2 heterocycles. The smallest absolute Gasteiger partial charge is 0.371 e. The standard InChI is InChI=1S/C14H21NO11/c1-4(17)15-8-10(20)11(7(3-16)24-13(8)23)26-14-9(19)5(18)2-6(25-14)12(21)22/h2,5,7-11,13-14,16,18-20,23H,3H2,1H3,(H,15,17)(H,21,22)/t5-,7+,8+,9+,10+,11-,13?,14-/m0/s1. The van der Waals surface area contributed by atoms with E-state index < -0.39 is 73.4 Å². The lowest BCUT2D eigenvalue weighted by atomic mass is 9.96. The summed E-state index contributed by atoms with van der Waals surface area (Å²) in [6.07, 6.45) is -10.2. The summed E-state index contributed by atoms with van der Waals surface area (Å²) in [5, 5.41) is 60.5. The van der Waals surface area contributed by atoms with Crippen LogP contribution >= 0.6 is 0 Å². The van der Waals surface area contributed by atoms with Crippen LogP contribution in [0.3, 0.4) is 0 Å². The Bertz CT molecular complexity index is 567. The second-order valence-electron chi connectivity index (χ2n) is 5.87. The summed E-state index contributed by atoms with van der Waals surface area (Å²) in [6, 6.07) is -1.32. The van der Waals surface area contributed by atoms with Gasteiger partial charge in [0.1, 0.15) is 36.6 Å². The molecular formula is C14H21NO11. The van der Waals surface area contributed by atoms with Crippen molar-refractivity contribution in [3.05, 3.63) is 11.8 Å². The van der Waals surface area contributed by atoms with Crippen molar-refractivity contribution in [2.24, 2.45) is 0 Å². The van der Waals surface area contributed by atoms with E-state index in [2.05, 4.69) is 5.32 Å². The molecule has 1 fully saturated rings. The second-order valence-corrected chi connectivity index (χ2v) is 5.87. The van der Waals surface area contributed by atoms with Crippen molar-refractivity contribution in [1.82, 2.24) is 5.32 Å². The molecule has 0 aliphatic carbocycles. The van der Waals surface area contributed by atoms with Crippen molar-refractivity contribution in [1.29, 1.82) is 0 Å². The number of carboxylic acids is 1. The number of ether oxygens (including phenoxy) is 3. The highest BCUT2D eigenvalue weighted by molar-refractivity contribution is 5.84. The molecule has 1 amide bonds. The van der Waals surface area contributed by atoms with Crippen LogP contribution in [-0.4, -0.2) is 98.3 Å². The predicted octanol–water partition coefficient (Wildman–Crippen LogP) is -4.01. The van der Waals surface area contributed by atoms with Crippen LogP contribution in [0.5, 0.6) is 0 Å². The topological polar surface area (TPSA) is 195 Å². The van der Waals surface area contributed by atoms with E-state index in [0.29, 0.717) is 0 Å². The molecule has 0 aromatic rings. The predicted molar refractivity (Wildman–Crippen MR) is 79.1 cm³/mol. The summed E-state index contributed by atoms with van der Waals surface area (Å²) in [5.41, 5.74) is 0. The van der Waals surface area contributed by atoms with Gasteiger partial charge in [0.2, 0.25) is 18.0 Å². The van der Waals surface area contributed by atoms with Gasteiger partial charge < -0.3 is 50.2 Å². The van der Waals surface area contributed by atoms with Gasteiger partial charge in [0, 0.05) is 6.92 Å². The lowest BCUT2D eigenvalue weighted by Crippen LogP contribution is -2.65. The molecule has 0 saturated carbocycles. The van der Waals surface area contributed by atoms with Gasteiger partial charge in [-0.15, -0.1) is 0 Å². The van der Waals surface area contributed by atoms with Gasteiger partial charge in [-0.3, -0.25) is 4.79 Å². The molecule has 0 spiro atoms. The summed E-state index contributed by atoms with van der Waals surface area (Å²) in [5.74, 6) is -2.79. The molecule has 12 nitrogen and oxygen atoms in total. The molecular weight excluding hydrogens is 358 g/mol. The molecule has 0 aromatic carbocycles. The lowest BCUT2D eigenvalue weighted by molar-refractivity contribution is -0.306. The molecule has 2 rings (SSSR count). The van der Waals surface area contributed by atoms with Gasteiger partial charge >= 0.3 is 5.97 Å². The quantitative estimate of drug-likeness (QED) is 0.246. The zero-order valence-corrected chi connectivity index (χ0v) is 13.6. The number of nitrogens with one attached hydrogen (secondary N) is 1. The third-order valence-corrected chi connectivity index (χ3v) is 3.94. The van der Waals surface area contributed by atoms with E-state index in [0.717, 1.165) is 13.0 Å². The van der Waals surface area contributed by atoms with Crippen LogP contribution < -0.4 is 5.32 Å². The minimum absolute atomic E-state index is 0.585. The number of amides is 1. The first-order chi connectivity index (χ1) is 12.1. The van der Waals surface area contributed by atoms with Crippen LogP contribution in [-0.2, 0) is 23.8 Å². The Labute approximate surface area is 147 Å². The van der Waals surface area contributed by atoms with E-state index in [9.17, 15) is 35.1 Å². The Morgan fingerprint density at radius 1 is 1.23 bits per heavy atom. The van der Waals surface area contributed by atoms with Gasteiger partial charge in [0.15, 0.2) is 6.29 Å². The molecule has 148 valence electrons. The van der Waals surface area contributed by atoms with E-state index in [4.69, 9.17) is 19.3 Å². The highest BCUT2D eigenvalue weighted by atomic mass is 16.7. The minimum atomic E-state index is -1.72. The zero-order valence-electron chi connectivity index (χ0n) is 13.6. The van der Waals surface area contributed by atoms with Crippen molar-refractivity contribution >= 4 is 11.9 Å². The first-order valence-corrected chi connectivity index (χ1v) is 7.68. The average Bonchev–Trinajstić information content (AvgIpc) is 2.56. The maximum absolute atomic E-state index is 11.2. The van der Waals surface area contributed by atoms with Crippen molar-refractivity contribution in [3.8, 4) is 0 Å². The largest absolute Gasteiger partial charge is 0.475 e. The number of aliphatic carboxylic acids is 1. The number of rotatable bonds is 5. The first kappa shape index (κ1) is 20.5. The third-order valence-electron chi connectivity index (χ3n) is 3.94. The van der Waals surface area contributed by atoms with Crippen LogP contribution in [0.2, 0.25) is 0 Å². The van der Waals surface area contributed by atoms with Gasteiger partial charge in [0.25, 0.3) is 0 Å². The second kappa shape index (κ2) is 8.26. The number of carbonyl (C=O) groups is 2. The van der Waals surface area contributed by atoms with Crippen LogP contribution in [0.1, 0.15) is 6.92 Å². The Hall–Kier alpha value is -1.80. The molecule has 0 aromatic heterocycles. The number of aliphatic hydroxyl groups excluding tert-OH is 5. The molecule has 12 heteroatoms. The summed E-state index contributed by atoms with van der Waals surface area (Å²) in [4.78, 5) is 22.2. The zero-order chi connectivity index (χ0) is 19.6. The number of aliphatic hydroxyl groups is 5. The molecule has 1 saturated heterocycles. The van der Waals surface area contributed by atoms with Gasteiger partial charge in [-0.2, -0.15) is 0 Å². The van der Waals surface area contributed by atoms with E-state index in [1.165, 1.54) is 0 Å². The van der Waals surface area contributed by atoms with Crippen LogP contribution in [0.15, 0.2) is 11.8 Å². The molecule has 0 radical (unpaired) electrons. The normalized spacial score (nSPS) is 40.3. The van der Waals surface area contributed by atoms with E-state index >= 15 is 0 Å². The average molecular weight is 379 g/mol. The van der Waals surface area contributed by atoms with E-state index in [-0.39, 0.29) is 0 Å². The summed E-state index contributed by atoms with van der Waals surface area (Å²) < 4.78 is 15.4. The van der Waals surface area contributed by atoms with Crippen molar-refractivity contribution in [2.45, 2.75) is 56.1 Å². The molecule has 1 unspecified atom stereocenters. The lowest BCUT2D eigenvalue weighted by Gasteiger charge is -2.44. The highest BCUT2D eigenvalue weighted by Gasteiger charge is 2.48. The van der Waals surface area contributed by atoms with Crippen molar-refractivity contribution in [3.63, 3.8) is 0 Å². The number of hydrogen-bond donors (Lipinski definition) is 7. The number of carboxylic acid groups (broad SMARTS) is 1. The Kier molecular flexibility index (Phi) is 6.52. The van der Waals surface area contributed by atoms with Crippen LogP contribution in [0, 0.1) is 0 Å². The molecule has 0 bridgehead atoms. The van der Waals surface area contributed by atoms with Gasteiger partial charge in [-0.25, -0.2) is 4.79 Å². The first-order valence-electron chi connectivity index (χ1n) is 7.68. The fourth-order valence-electron chi connectivity index (χ4n) is 2.67. The van der Waals surface area contributed by atoms with E-state index in [1.807, 2.05) is 0 Å². The Morgan fingerprint density at radius 3 is 2.42 bits per heavy atom. The Balaban J connectivity index is 2.19. The van der Waals surface area contributed by atoms with Crippen molar-refractivity contribution in [2.75, 3.05) is 6.61 Å². The maximum Gasteiger partial charge on any atom is 0.371 e. The number of hydrogen-bond acceptors (Lipinski definition) is 10. The molecule has 8 atom stereocenters. The minimum Gasteiger partial charge on any atom is -0.475 e. The summed E-state index contributed by atoms with van der Waals surface area (Å²) >= 11 is 0. The highest BCUT2D eigenvalue weighted by Crippen LogP contribution is 2.27. The fourth-order valence-corrected chi connectivity index (χ4v) is 2.67. The maximum atomic E-state index is 11.2. The molecule has 26 heavy (non-hydrogen) atoms. The summed E-state index contributed by atoms with van der Waals surface area (Å²) in [7, 11) is 0. The van der Waals surface area contributed by atoms with E-state index in [1.54, 1.807) is 0 Å². The molecule has 2 aliphatic heterocycles. The van der Waals surface area contributed by atoms with Crippen molar-refractivity contribution < 1.29 is 54.4 Å². The monoisotopic (exact) mass is 379 g/mol. The number of carbonyl (C=O) groups excluding carboxylic acids is 1. The summed E-state index contributed by atoms with van der Waals surface area (Å²) in [6.45, 7) is 0.431. The Morgan fingerprint density at radius 2 is 1.88 bits per heavy atom. The van der Waals surface area contributed by atoms with Gasteiger partial charge in [-0.05, 0) is 6.08 Å². The fraction of sp³-hybridized carbons (Fsp3) is 0.714. The molecule has 2 aliphatic rings. The van der Waals surface area contributed by atoms with Gasteiger partial charge in [-0.1, -0.05) is 0 Å². The third kappa shape index (κ3) is 4.29. The van der Waals surface area contributed by atoms with Crippen LogP contribution in [0.4, 0.5) is 0 Å². The SMILES string of the molecule is CC(=O)N[C@H]1C(O)O[C@H](CO)[C@H](O[C@@H]2OC(C(=O)O)=C[C@H](O)[C@H]2O)[C@@H]1O. The van der Waals surface area contributed by atoms with Crippen LogP contribution in [0.25, 0.3) is 0 Å². The van der Waals surface area contributed by atoms with Gasteiger partial charge in [0.05, 0.1) is 6.61 Å². The molecule has 7 N–H and O–H groups in total.